The zero-order valence-electron chi connectivity index (χ0n) is 40.7. The molecule has 0 amide bonds. The topological polar surface area (TPSA) is 78.9 Å². The van der Waals surface area contributed by atoms with Crippen LogP contribution in [-0.2, 0) is 28.6 Å². The van der Waals surface area contributed by atoms with Crippen molar-refractivity contribution in [3.05, 3.63) is 134 Å². The molecule has 6 heteroatoms. The van der Waals surface area contributed by atoms with Crippen LogP contribution < -0.4 is 0 Å². The first kappa shape index (κ1) is 59.6. The van der Waals surface area contributed by atoms with Crippen LogP contribution in [-0.4, -0.2) is 37.2 Å². The number of esters is 3. The Balaban J connectivity index is 4.61. The number of allylic oxidation sites excluding steroid dienone is 22. The summed E-state index contributed by atoms with van der Waals surface area (Å²) >= 11 is 0. The first-order valence-electron chi connectivity index (χ1n) is 25.2. The van der Waals surface area contributed by atoms with Crippen molar-refractivity contribution >= 4 is 17.9 Å². The van der Waals surface area contributed by atoms with Crippen LogP contribution in [0.5, 0.6) is 0 Å². The molecular weight excluding hydrogens is 793 g/mol. The summed E-state index contributed by atoms with van der Waals surface area (Å²) in [5.74, 6) is -1.13. The van der Waals surface area contributed by atoms with Crippen molar-refractivity contribution < 1.29 is 28.6 Å². The molecule has 0 fully saturated rings. The third kappa shape index (κ3) is 48.6. The molecule has 0 aromatic rings. The van der Waals surface area contributed by atoms with E-state index in [1.165, 1.54) is 38.5 Å². The van der Waals surface area contributed by atoms with Gasteiger partial charge < -0.3 is 14.2 Å². The predicted molar refractivity (Wildman–Crippen MR) is 274 cm³/mol. The molecule has 1 atom stereocenters. The molecule has 0 saturated carbocycles. The Labute approximate surface area is 392 Å². The minimum absolute atomic E-state index is 0.147. The van der Waals surface area contributed by atoms with Gasteiger partial charge in [0.1, 0.15) is 13.2 Å². The fourth-order valence-corrected chi connectivity index (χ4v) is 6.18. The van der Waals surface area contributed by atoms with Gasteiger partial charge in [0.25, 0.3) is 0 Å². The molecule has 0 aliphatic heterocycles. The molecule has 0 bridgehead atoms. The highest BCUT2D eigenvalue weighted by Crippen LogP contribution is 2.11. The number of carbonyl (C=O) groups is 3. The number of ether oxygens (including phenoxy) is 3. The zero-order chi connectivity index (χ0) is 46.5. The molecule has 1 unspecified atom stereocenters. The van der Waals surface area contributed by atoms with Gasteiger partial charge in [-0.05, 0) is 109 Å². The van der Waals surface area contributed by atoms with Gasteiger partial charge in [0.05, 0.1) is 0 Å². The molecule has 0 aromatic carbocycles. The Morgan fingerprint density at radius 3 is 1.02 bits per heavy atom. The van der Waals surface area contributed by atoms with Gasteiger partial charge in [-0.2, -0.15) is 0 Å². The lowest BCUT2D eigenvalue weighted by molar-refractivity contribution is -0.166. The van der Waals surface area contributed by atoms with Crippen LogP contribution in [0.2, 0.25) is 0 Å². The first-order valence-corrected chi connectivity index (χ1v) is 25.2. The summed E-state index contributed by atoms with van der Waals surface area (Å²) in [5, 5.41) is 0. The summed E-state index contributed by atoms with van der Waals surface area (Å²) in [6, 6.07) is 0. The van der Waals surface area contributed by atoms with Crippen LogP contribution in [0.25, 0.3) is 0 Å². The highest BCUT2D eigenvalue weighted by molar-refractivity contribution is 5.71. The number of unbranched alkanes of at least 4 members (excludes halogenated alkanes) is 10. The lowest BCUT2D eigenvalue weighted by atomic mass is 10.1. The number of carbonyl (C=O) groups excluding carboxylic acids is 3. The Morgan fingerprint density at radius 1 is 0.328 bits per heavy atom. The van der Waals surface area contributed by atoms with Crippen molar-refractivity contribution in [1.82, 2.24) is 0 Å². The third-order valence-electron chi connectivity index (χ3n) is 9.90. The lowest BCUT2D eigenvalue weighted by Crippen LogP contribution is -2.30. The second-order valence-electron chi connectivity index (χ2n) is 16.0. The summed E-state index contributed by atoms with van der Waals surface area (Å²) < 4.78 is 16.6. The molecule has 0 heterocycles. The number of rotatable bonds is 43. The van der Waals surface area contributed by atoms with E-state index in [9.17, 15) is 14.4 Å². The van der Waals surface area contributed by atoms with E-state index in [0.29, 0.717) is 12.8 Å². The van der Waals surface area contributed by atoms with Gasteiger partial charge in [0, 0.05) is 19.3 Å². The van der Waals surface area contributed by atoms with Gasteiger partial charge in [0.2, 0.25) is 0 Å². The summed E-state index contributed by atoms with van der Waals surface area (Å²) in [6.07, 6.45) is 71.7. The minimum Gasteiger partial charge on any atom is -0.462 e. The summed E-state index contributed by atoms with van der Waals surface area (Å²) in [7, 11) is 0. The van der Waals surface area contributed by atoms with Crippen LogP contribution >= 0.6 is 0 Å². The fourth-order valence-electron chi connectivity index (χ4n) is 6.18. The van der Waals surface area contributed by atoms with E-state index in [1.807, 2.05) is 24.3 Å². The van der Waals surface area contributed by atoms with Crippen molar-refractivity contribution in [2.45, 2.75) is 200 Å². The van der Waals surface area contributed by atoms with Crippen molar-refractivity contribution in [2.75, 3.05) is 13.2 Å². The maximum absolute atomic E-state index is 12.8. The number of hydrogen-bond donors (Lipinski definition) is 0. The molecule has 0 aliphatic rings. The quantitative estimate of drug-likeness (QED) is 0.0263. The van der Waals surface area contributed by atoms with Crippen molar-refractivity contribution in [2.24, 2.45) is 0 Å². The highest BCUT2D eigenvalue weighted by atomic mass is 16.6. The fraction of sp³-hybridized carbons (Fsp3) is 0.569. The molecular formula is C58H90O6. The molecule has 0 saturated heterocycles. The van der Waals surface area contributed by atoms with Crippen molar-refractivity contribution in [3.63, 3.8) is 0 Å². The normalized spacial score (nSPS) is 13.2. The Kier molecular flexibility index (Phi) is 47.6. The van der Waals surface area contributed by atoms with Crippen molar-refractivity contribution in [3.8, 4) is 0 Å². The summed E-state index contributed by atoms with van der Waals surface area (Å²) in [5.41, 5.74) is 0. The van der Waals surface area contributed by atoms with E-state index < -0.39 is 6.10 Å². The number of hydrogen-bond acceptors (Lipinski definition) is 6. The molecule has 0 aromatic heterocycles. The van der Waals surface area contributed by atoms with Gasteiger partial charge in [-0.25, -0.2) is 0 Å². The SMILES string of the molecule is CC/C=C\C/C=C\C/C=C\C/C=C\C/C=C\C/C=C\CCC(=O)OCC(COC(=O)CC/C=C\C/C=C\C/C=C\C/C=C\CC)OC(=O)CCCCCCC/C=C\CCCCCCC. The molecule has 0 rings (SSSR count). The van der Waals surface area contributed by atoms with E-state index in [-0.39, 0.29) is 50.4 Å². The zero-order valence-corrected chi connectivity index (χ0v) is 40.7. The van der Waals surface area contributed by atoms with Gasteiger partial charge in [-0.3, -0.25) is 14.4 Å². The predicted octanol–water partition coefficient (Wildman–Crippen LogP) is 16.7. The Hall–Kier alpha value is -4.45. The van der Waals surface area contributed by atoms with Crippen LogP contribution in [0, 0.1) is 0 Å². The molecule has 358 valence electrons. The second kappa shape index (κ2) is 51.2. The summed E-state index contributed by atoms with van der Waals surface area (Å²) in [4.78, 5) is 37.9. The third-order valence-corrected chi connectivity index (χ3v) is 9.90. The van der Waals surface area contributed by atoms with E-state index >= 15 is 0 Å². The molecule has 0 spiro atoms. The van der Waals surface area contributed by atoms with Crippen LogP contribution in [0.15, 0.2) is 134 Å². The maximum atomic E-state index is 12.8. The van der Waals surface area contributed by atoms with Gasteiger partial charge in [-0.15, -0.1) is 0 Å². The van der Waals surface area contributed by atoms with Gasteiger partial charge >= 0.3 is 17.9 Å². The van der Waals surface area contributed by atoms with E-state index in [2.05, 4.69) is 130 Å². The molecule has 64 heavy (non-hydrogen) atoms. The smallest absolute Gasteiger partial charge is 0.306 e. The van der Waals surface area contributed by atoms with Gasteiger partial charge in [-0.1, -0.05) is 199 Å². The Morgan fingerprint density at radius 2 is 0.641 bits per heavy atom. The molecule has 0 radical (unpaired) electrons. The monoisotopic (exact) mass is 883 g/mol. The van der Waals surface area contributed by atoms with E-state index in [4.69, 9.17) is 14.2 Å². The van der Waals surface area contributed by atoms with Crippen LogP contribution in [0.4, 0.5) is 0 Å². The summed E-state index contributed by atoms with van der Waals surface area (Å²) in [6.45, 7) is 6.23. The van der Waals surface area contributed by atoms with Crippen molar-refractivity contribution in [1.29, 1.82) is 0 Å². The molecule has 0 aliphatic carbocycles. The van der Waals surface area contributed by atoms with E-state index in [1.54, 1.807) is 0 Å². The van der Waals surface area contributed by atoms with Gasteiger partial charge in [0.15, 0.2) is 6.10 Å². The Bertz CT molecular complexity index is 1430. The largest absolute Gasteiger partial charge is 0.462 e. The molecule has 6 nitrogen and oxygen atoms in total. The second-order valence-corrected chi connectivity index (χ2v) is 16.0. The molecule has 0 N–H and O–H groups in total. The standard InChI is InChI=1S/C58H90O6/c1-4-7-10-13-16-19-22-25-27-28-29-30-31-34-36-39-42-45-48-51-57(60)63-54-55(53-62-56(59)50-47-44-41-38-35-32-24-21-18-15-12-9-6-3)64-58(61)52-49-46-43-40-37-33-26-23-20-17-14-11-8-5-2/h7,9-10,12,16,18-19,21,23,25-27,29-30,32,34-36,41-42,44-45,55H,4-6,8,11,13-15,17,20,22,24,28,31,33,37-40,43,46-54H2,1-3H3/b10-7-,12-9-,19-16-,21-18-,26-23-,27-25-,30-29-,35-32-,36-34-,44-41-,45-42-. The maximum Gasteiger partial charge on any atom is 0.306 e. The van der Waals surface area contributed by atoms with Crippen LogP contribution in [0.3, 0.4) is 0 Å². The van der Waals surface area contributed by atoms with E-state index in [0.717, 1.165) is 103 Å². The average molecular weight is 883 g/mol. The minimum atomic E-state index is -0.845. The lowest BCUT2D eigenvalue weighted by Gasteiger charge is -2.18. The first-order chi connectivity index (χ1) is 31.5. The van der Waals surface area contributed by atoms with Crippen LogP contribution in [0.1, 0.15) is 194 Å². The average Bonchev–Trinajstić information content (AvgIpc) is 3.29. The highest BCUT2D eigenvalue weighted by Gasteiger charge is 2.19.